The Hall–Kier alpha value is -7.56. The van der Waals surface area contributed by atoms with Gasteiger partial charge in [-0.3, -0.25) is 0 Å². The van der Waals surface area contributed by atoms with Gasteiger partial charge in [0.2, 0.25) is 0 Å². The molecular formula is C53H35N3O. The summed E-state index contributed by atoms with van der Waals surface area (Å²) in [4.78, 5) is 10.7. The van der Waals surface area contributed by atoms with E-state index in [2.05, 4.69) is 187 Å². The summed E-state index contributed by atoms with van der Waals surface area (Å²) in [5.74, 6) is 1.56. The second kappa shape index (κ2) is 13.6. The molecule has 4 heteroatoms. The number of aliphatic imine (C=N–C) groups is 2. The molecule has 1 aliphatic rings. The molecule has 1 aliphatic heterocycles. The highest BCUT2D eigenvalue weighted by Crippen LogP contribution is 2.44. The van der Waals surface area contributed by atoms with E-state index in [-0.39, 0.29) is 0 Å². The second-order valence-corrected chi connectivity index (χ2v) is 14.5. The zero-order chi connectivity index (χ0) is 37.7. The largest absolute Gasteiger partial charge is 0.455 e. The molecule has 10 aromatic rings. The van der Waals surface area contributed by atoms with Crippen LogP contribution in [0, 0.1) is 0 Å². The molecule has 2 heterocycles. The molecule has 1 unspecified atom stereocenters. The van der Waals surface area contributed by atoms with Gasteiger partial charge >= 0.3 is 0 Å². The quantitative estimate of drug-likeness (QED) is 0.173. The number of rotatable bonds is 6. The topological polar surface area (TPSA) is 49.9 Å². The molecule has 0 bridgehead atoms. The summed E-state index contributed by atoms with van der Waals surface area (Å²) >= 11 is 0. The van der Waals surface area contributed by atoms with Gasteiger partial charge < -0.3 is 9.73 Å². The molecule has 4 nitrogen and oxygen atoms in total. The maximum absolute atomic E-state index is 6.87. The lowest BCUT2D eigenvalue weighted by Gasteiger charge is -2.23. The monoisotopic (exact) mass is 729 g/mol. The standard InChI is InChI=1S/C53H35N3O/c1-4-14-34(15-5-1)39-30-31-42(47(32-39)35-16-6-2-7-17-35)43-22-12-23-44-49-45(24-13-25-48(49)57-50(43)44)53-55-51(38-19-8-3-9-20-38)54-52(56-53)40-29-28-37-27-26-36-18-10-11-21-41(36)46(37)33-40/h1-33,53H,(H,54,55,56). The third kappa shape index (κ3) is 5.78. The SMILES string of the molecule is c1ccc(C2=NC(c3cccc4oc5c(-c6ccc(-c7ccccc7)cc6-c6ccccc6)cccc5c34)N=C(c3ccc4ccc5ccccc5c4c3)N2)cc1. The molecule has 0 fully saturated rings. The van der Waals surface area contributed by atoms with Crippen LogP contribution >= 0.6 is 0 Å². The molecule has 0 radical (unpaired) electrons. The van der Waals surface area contributed by atoms with Gasteiger partial charge in [-0.25, -0.2) is 9.98 Å². The Morgan fingerprint density at radius 1 is 0.386 bits per heavy atom. The fraction of sp³-hybridized carbons (Fsp3) is 0.0189. The van der Waals surface area contributed by atoms with Crippen LogP contribution in [-0.2, 0) is 0 Å². The summed E-state index contributed by atoms with van der Waals surface area (Å²) < 4.78 is 6.87. The highest BCUT2D eigenvalue weighted by atomic mass is 16.3. The first-order chi connectivity index (χ1) is 28.2. The first kappa shape index (κ1) is 32.8. The summed E-state index contributed by atoms with van der Waals surface area (Å²) in [7, 11) is 0. The van der Waals surface area contributed by atoms with E-state index in [1.807, 2.05) is 18.2 Å². The van der Waals surface area contributed by atoms with Crippen molar-refractivity contribution in [3.8, 4) is 33.4 Å². The van der Waals surface area contributed by atoms with Gasteiger partial charge in [0.25, 0.3) is 0 Å². The van der Waals surface area contributed by atoms with Crippen LogP contribution in [0.2, 0.25) is 0 Å². The summed E-state index contributed by atoms with van der Waals surface area (Å²) in [6, 6.07) is 70.5. The normalized spacial score (nSPS) is 14.1. The second-order valence-electron chi connectivity index (χ2n) is 14.5. The molecule has 11 rings (SSSR count). The van der Waals surface area contributed by atoms with Gasteiger partial charge in [0.05, 0.1) is 0 Å². The lowest BCUT2D eigenvalue weighted by atomic mass is 9.90. The van der Waals surface area contributed by atoms with Crippen molar-refractivity contribution in [1.82, 2.24) is 5.32 Å². The molecule has 0 saturated carbocycles. The maximum atomic E-state index is 6.87. The van der Waals surface area contributed by atoms with E-state index in [4.69, 9.17) is 14.4 Å². The average Bonchev–Trinajstić information content (AvgIpc) is 3.69. The van der Waals surface area contributed by atoms with E-state index in [9.17, 15) is 0 Å². The van der Waals surface area contributed by atoms with Crippen molar-refractivity contribution < 1.29 is 4.42 Å². The number of nitrogens with zero attached hydrogens (tertiary/aromatic N) is 2. The van der Waals surface area contributed by atoms with E-state index in [1.54, 1.807) is 0 Å². The van der Waals surface area contributed by atoms with Crippen molar-refractivity contribution in [1.29, 1.82) is 0 Å². The third-order valence-corrected chi connectivity index (χ3v) is 11.1. The molecule has 1 N–H and O–H groups in total. The lowest BCUT2D eigenvalue weighted by molar-refractivity contribution is 0.668. The van der Waals surface area contributed by atoms with Gasteiger partial charge in [-0.2, -0.15) is 0 Å². The first-order valence-electron chi connectivity index (χ1n) is 19.3. The number of fused-ring (bicyclic) bond motifs is 6. The average molecular weight is 730 g/mol. The van der Waals surface area contributed by atoms with E-state index in [1.165, 1.54) is 32.7 Å². The molecule has 268 valence electrons. The Bertz CT molecular complexity index is 3200. The fourth-order valence-corrected chi connectivity index (χ4v) is 8.38. The number of nitrogens with one attached hydrogen (secondary N) is 1. The molecule has 1 atom stereocenters. The number of para-hydroxylation sites is 1. The van der Waals surface area contributed by atoms with Crippen LogP contribution in [0.25, 0.3) is 76.9 Å². The van der Waals surface area contributed by atoms with Gasteiger partial charge in [0, 0.05) is 33.0 Å². The molecule has 0 aliphatic carbocycles. The minimum Gasteiger partial charge on any atom is -0.455 e. The first-order valence-corrected chi connectivity index (χ1v) is 19.3. The van der Waals surface area contributed by atoms with Gasteiger partial charge in [0.15, 0.2) is 6.17 Å². The summed E-state index contributed by atoms with van der Waals surface area (Å²) in [6.45, 7) is 0. The van der Waals surface area contributed by atoms with Gasteiger partial charge in [0.1, 0.15) is 22.8 Å². The zero-order valence-electron chi connectivity index (χ0n) is 30.9. The molecular weight excluding hydrogens is 695 g/mol. The summed E-state index contributed by atoms with van der Waals surface area (Å²) in [6.07, 6.45) is -0.516. The minimum atomic E-state index is -0.516. The van der Waals surface area contributed by atoms with Crippen LogP contribution in [0.4, 0.5) is 0 Å². The van der Waals surface area contributed by atoms with Gasteiger partial charge in [-0.15, -0.1) is 0 Å². The third-order valence-electron chi connectivity index (χ3n) is 11.1. The van der Waals surface area contributed by atoms with E-state index < -0.39 is 6.17 Å². The number of hydrogen-bond acceptors (Lipinski definition) is 4. The van der Waals surface area contributed by atoms with Crippen molar-refractivity contribution in [2.45, 2.75) is 6.17 Å². The Labute approximate surface area is 330 Å². The van der Waals surface area contributed by atoms with Gasteiger partial charge in [-0.1, -0.05) is 182 Å². The van der Waals surface area contributed by atoms with Crippen molar-refractivity contribution in [2.24, 2.45) is 9.98 Å². The zero-order valence-corrected chi connectivity index (χ0v) is 30.9. The maximum Gasteiger partial charge on any atom is 0.170 e. The predicted octanol–water partition coefficient (Wildman–Crippen LogP) is 13.4. The Morgan fingerprint density at radius 3 is 1.79 bits per heavy atom. The number of hydrogen-bond donors (Lipinski definition) is 1. The van der Waals surface area contributed by atoms with Crippen LogP contribution in [0.3, 0.4) is 0 Å². The van der Waals surface area contributed by atoms with Crippen molar-refractivity contribution in [3.63, 3.8) is 0 Å². The van der Waals surface area contributed by atoms with Crippen LogP contribution in [0.5, 0.6) is 0 Å². The molecule has 57 heavy (non-hydrogen) atoms. The predicted molar refractivity (Wildman–Crippen MR) is 237 cm³/mol. The van der Waals surface area contributed by atoms with Gasteiger partial charge in [-0.05, 0) is 67.6 Å². The van der Waals surface area contributed by atoms with E-state index in [0.717, 1.165) is 72.6 Å². The molecule has 9 aromatic carbocycles. The van der Waals surface area contributed by atoms with E-state index in [0.29, 0.717) is 0 Å². The van der Waals surface area contributed by atoms with Crippen LogP contribution in [0.15, 0.2) is 215 Å². The molecule has 1 aromatic heterocycles. The Balaban J connectivity index is 1.09. The van der Waals surface area contributed by atoms with Crippen LogP contribution in [-0.4, -0.2) is 11.7 Å². The lowest BCUT2D eigenvalue weighted by Crippen LogP contribution is -2.36. The summed E-state index contributed by atoms with van der Waals surface area (Å²) in [5.41, 5.74) is 11.5. The smallest absolute Gasteiger partial charge is 0.170 e. The molecule has 0 spiro atoms. The highest BCUT2D eigenvalue weighted by Gasteiger charge is 2.25. The number of amidine groups is 2. The van der Waals surface area contributed by atoms with Crippen molar-refractivity contribution in [3.05, 3.63) is 217 Å². The molecule has 0 amide bonds. The Kier molecular flexibility index (Phi) is 7.85. The van der Waals surface area contributed by atoms with Crippen molar-refractivity contribution >= 4 is 55.2 Å². The molecule has 0 saturated heterocycles. The van der Waals surface area contributed by atoms with Crippen LogP contribution < -0.4 is 5.32 Å². The number of furan rings is 1. The fourth-order valence-electron chi connectivity index (χ4n) is 8.38. The van der Waals surface area contributed by atoms with Crippen LogP contribution in [0.1, 0.15) is 22.9 Å². The highest BCUT2D eigenvalue weighted by molar-refractivity contribution is 6.19. The van der Waals surface area contributed by atoms with E-state index >= 15 is 0 Å². The number of benzene rings is 9. The minimum absolute atomic E-state index is 0.516. The van der Waals surface area contributed by atoms with Crippen molar-refractivity contribution in [2.75, 3.05) is 0 Å². The Morgan fingerprint density at radius 2 is 1.00 bits per heavy atom. The summed E-state index contributed by atoms with van der Waals surface area (Å²) in [5, 5.41) is 10.5.